The average Bonchev–Trinajstić information content (AvgIpc) is 2.09. The predicted molar refractivity (Wildman–Crippen MR) is 54.0 cm³/mol. The van der Waals surface area contributed by atoms with E-state index in [1.807, 2.05) is 26.0 Å². The molecule has 2 aromatic heterocycles. The van der Waals surface area contributed by atoms with Crippen molar-refractivity contribution in [3.05, 3.63) is 34.7 Å². The summed E-state index contributed by atoms with van der Waals surface area (Å²) in [5.41, 5.74) is 2.78. The molecule has 0 unspecified atom stereocenters. The molecule has 0 aliphatic carbocycles. The molecule has 0 radical (unpaired) electrons. The van der Waals surface area contributed by atoms with Gasteiger partial charge in [0, 0.05) is 17.3 Å². The first-order valence-corrected chi connectivity index (χ1v) is 4.45. The van der Waals surface area contributed by atoms with Crippen LogP contribution in [-0.2, 0) is 0 Å². The zero-order chi connectivity index (χ0) is 9.42. The molecule has 2 aromatic rings. The van der Waals surface area contributed by atoms with Crippen LogP contribution in [0.25, 0.3) is 10.9 Å². The number of halogens is 1. The zero-order valence-electron chi connectivity index (χ0n) is 7.50. The van der Waals surface area contributed by atoms with Crippen LogP contribution in [0.2, 0.25) is 5.02 Å². The molecule has 0 aromatic carbocycles. The highest BCUT2D eigenvalue weighted by atomic mass is 35.5. The Morgan fingerprint density at radius 1 is 1.23 bits per heavy atom. The van der Waals surface area contributed by atoms with Crippen molar-refractivity contribution in [2.24, 2.45) is 0 Å². The second-order valence-corrected chi connectivity index (χ2v) is 3.43. The second kappa shape index (κ2) is 2.96. The lowest BCUT2D eigenvalue weighted by atomic mass is 10.2. The van der Waals surface area contributed by atoms with Crippen molar-refractivity contribution < 1.29 is 0 Å². The molecule has 0 bridgehead atoms. The van der Waals surface area contributed by atoms with Gasteiger partial charge >= 0.3 is 0 Å². The third-order valence-electron chi connectivity index (χ3n) is 2.07. The molecule has 2 heterocycles. The summed E-state index contributed by atoms with van der Waals surface area (Å²) in [4.78, 5) is 8.54. The molecule has 0 saturated heterocycles. The molecule has 0 atom stereocenters. The van der Waals surface area contributed by atoms with Crippen molar-refractivity contribution in [1.29, 1.82) is 0 Å². The highest BCUT2D eigenvalue weighted by Gasteiger charge is 2.02. The van der Waals surface area contributed by atoms with Crippen molar-refractivity contribution in [2.75, 3.05) is 0 Å². The molecular formula is C10H9ClN2. The minimum atomic E-state index is 0.698. The SMILES string of the molecule is Cc1nc2ccnc(C)c2cc1Cl. The van der Waals surface area contributed by atoms with Gasteiger partial charge in [-0.15, -0.1) is 0 Å². The van der Waals surface area contributed by atoms with Crippen molar-refractivity contribution in [1.82, 2.24) is 9.97 Å². The Morgan fingerprint density at radius 2 is 2.00 bits per heavy atom. The first-order valence-electron chi connectivity index (χ1n) is 4.07. The summed E-state index contributed by atoms with van der Waals surface area (Å²) in [6.45, 7) is 3.85. The minimum absolute atomic E-state index is 0.698. The van der Waals surface area contributed by atoms with Gasteiger partial charge in [-0.25, -0.2) is 0 Å². The van der Waals surface area contributed by atoms with E-state index in [4.69, 9.17) is 11.6 Å². The maximum Gasteiger partial charge on any atom is 0.0739 e. The number of aryl methyl sites for hydroxylation is 2. The highest BCUT2D eigenvalue weighted by Crippen LogP contribution is 2.21. The van der Waals surface area contributed by atoms with Crippen LogP contribution in [0.3, 0.4) is 0 Å². The van der Waals surface area contributed by atoms with Gasteiger partial charge in [-0.1, -0.05) is 11.6 Å². The van der Waals surface area contributed by atoms with Crippen LogP contribution >= 0.6 is 11.6 Å². The van der Waals surface area contributed by atoms with E-state index in [2.05, 4.69) is 9.97 Å². The van der Waals surface area contributed by atoms with Crippen LogP contribution in [0.15, 0.2) is 18.3 Å². The number of rotatable bonds is 0. The molecule has 13 heavy (non-hydrogen) atoms. The van der Waals surface area contributed by atoms with Gasteiger partial charge in [-0.2, -0.15) is 0 Å². The van der Waals surface area contributed by atoms with Gasteiger partial charge in [0.05, 0.1) is 16.2 Å². The topological polar surface area (TPSA) is 25.8 Å². The Labute approximate surface area is 81.6 Å². The molecule has 0 N–H and O–H groups in total. The van der Waals surface area contributed by atoms with E-state index in [0.29, 0.717) is 5.02 Å². The third kappa shape index (κ3) is 1.38. The molecular weight excluding hydrogens is 184 g/mol. The van der Waals surface area contributed by atoms with Crippen LogP contribution < -0.4 is 0 Å². The van der Waals surface area contributed by atoms with E-state index in [1.54, 1.807) is 6.20 Å². The molecule has 3 heteroatoms. The molecule has 0 fully saturated rings. The van der Waals surface area contributed by atoms with Crippen LogP contribution in [0.5, 0.6) is 0 Å². The van der Waals surface area contributed by atoms with Crippen molar-refractivity contribution >= 4 is 22.5 Å². The molecule has 0 amide bonds. The molecule has 0 spiro atoms. The van der Waals surface area contributed by atoms with Crippen LogP contribution in [0.4, 0.5) is 0 Å². The molecule has 0 saturated carbocycles. The second-order valence-electron chi connectivity index (χ2n) is 3.02. The monoisotopic (exact) mass is 192 g/mol. The van der Waals surface area contributed by atoms with E-state index in [9.17, 15) is 0 Å². The smallest absolute Gasteiger partial charge is 0.0739 e. The van der Waals surface area contributed by atoms with Gasteiger partial charge < -0.3 is 0 Å². The quantitative estimate of drug-likeness (QED) is 0.642. The number of fused-ring (bicyclic) bond motifs is 1. The summed E-state index contributed by atoms with van der Waals surface area (Å²) < 4.78 is 0. The van der Waals surface area contributed by atoms with E-state index in [1.165, 1.54) is 0 Å². The fourth-order valence-corrected chi connectivity index (χ4v) is 1.46. The standard InChI is InChI=1S/C10H9ClN2/c1-6-8-5-9(11)7(2)13-10(8)3-4-12-6/h3-5H,1-2H3. The number of aromatic nitrogens is 2. The molecule has 2 rings (SSSR count). The molecule has 2 nitrogen and oxygen atoms in total. The highest BCUT2D eigenvalue weighted by molar-refractivity contribution is 6.31. The van der Waals surface area contributed by atoms with Crippen molar-refractivity contribution in [3.8, 4) is 0 Å². The Morgan fingerprint density at radius 3 is 2.77 bits per heavy atom. The lowest BCUT2D eigenvalue weighted by Gasteiger charge is -2.02. The summed E-state index contributed by atoms with van der Waals surface area (Å²) in [5, 5.41) is 1.72. The van der Waals surface area contributed by atoms with Gasteiger partial charge in [-0.05, 0) is 26.0 Å². The fraction of sp³-hybridized carbons (Fsp3) is 0.200. The Balaban J connectivity index is 2.89. The first-order chi connectivity index (χ1) is 6.18. The Kier molecular flexibility index (Phi) is 1.93. The zero-order valence-corrected chi connectivity index (χ0v) is 8.26. The van der Waals surface area contributed by atoms with Crippen LogP contribution in [-0.4, -0.2) is 9.97 Å². The third-order valence-corrected chi connectivity index (χ3v) is 2.45. The maximum atomic E-state index is 5.97. The number of pyridine rings is 2. The lowest BCUT2D eigenvalue weighted by molar-refractivity contribution is 1.20. The van der Waals surface area contributed by atoms with E-state index >= 15 is 0 Å². The van der Waals surface area contributed by atoms with Crippen LogP contribution in [0.1, 0.15) is 11.4 Å². The summed E-state index contributed by atoms with van der Waals surface area (Å²) in [6, 6.07) is 3.81. The summed E-state index contributed by atoms with van der Waals surface area (Å²) in [5.74, 6) is 0. The molecule has 66 valence electrons. The van der Waals surface area contributed by atoms with Gasteiger partial charge in [0.15, 0.2) is 0 Å². The van der Waals surface area contributed by atoms with E-state index in [0.717, 1.165) is 22.3 Å². The first kappa shape index (κ1) is 8.45. The Bertz CT molecular complexity index is 466. The number of hydrogen-bond acceptors (Lipinski definition) is 2. The van der Waals surface area contributed by atoms with Gasteiger partial charge in [0.25, 0.3) is 0 Å². The predicted octanol–water partition coefficient (Wildman–Crippen LogP) is 2.90. The van der Waals surface area contributed by atoms with Crippen LogP contribution in [0, 0.1) is 13.8 Å². The maximum absolute atomic E-state index is 5.97. The largest absolute Gasteiger partial charge is 0.261 e. The average molecular weight is 193 g/mol. The molecule has 0 aliphatic rings. The normalized spacial score (nSPS) is 10.7. The number of nitrogens with zero attached hydrogens (tertiary/aromatic N) is 2. The Hall–Kier alpha value is -1.15. The van der Waals surface area contributed by atoms with Gasteiger partial charge in [-0.3, -0.25) is 9.97 Å². The summed E-state index contributed by atoms with van der Waals surface area (Å²) >= 11 is 5.97. The fourth-order valence-electron chi connectivity index (χ4n) is 1.31. The lowest BCUT2D eigenvalue weighted by Crippen LogP contribution is -1.89. The number of hydrogen-bond donors (Lipinski definition) is 0. The molecule has 0 aliphatic heterocycles. The van der Waals surface area contributed by atoms with Crippen molar-refractivity contribution in [3.63, 3.8) is 0 Å². The summed E-state index contributed by atoms with van der Waals surface area (Å²) in [6.07, 6.45) is 1.76. The van der Waals surface area contributed by atoms with Gasteiger partial charge in [0.1, 0.15) is 0 Å². The van der Waals surface area contributed by atoms with E-state index < -0.39 is 0 Å². The van der Waals surface area contributed by atoms with Crippen molar-refractivity contribution in [2.45, 2.75) is 13.8 Å². The van der Waals surface area contributed by atoms with E-state index in [-0.39, 0.29) is 0 Å². The van der Waals surface area contributed by atoms with Gasteiger partial charge in [0.2, 0.25) is 0 Å². The minimum Gasteiger partial charge on any atom is -0.261 e. The summed E-state index contributed by atoms with van der Waals surface area (Å²) in [7, 11) is 0.